The molecular weight excluding hydrogens is 394 g/mol. The lowest BCUT2D eigenvalue weighted by molar-refractivity contribution is 0.634. The molecule has 0 atom stereocenters. The molecular formula is C23H21N5OS. The molecule has 2 aromatic carbocycles. The van der Waals surface area contributed by atoms with Crippen molar-refractivity contribution in [3.8, 4) is 0 Å². The number of rotatable bonds is 4. The summed E-state index contributed by atoms with van der Waals surface area (Å²) in [5.41, 5.74) is 3.69. The molecule has 0 fully saturated rings. The summed E-state index contributed by atoms with van der Waals surface area (Å²) in [7, 11) is 0. The predicted octanol–water partition coefficient (Wildman–Crippen LogP) is 4.52. The van der Waals surface area contributed by atoms with Gasteiger partial charge in [-0.25, -0.2) is 15.0 Å². The molecule has 5 rings (SSSR count). The number of benzene rings is 2. The fraction of sp³-hybridized carbons (Fsp3) is 0.217. The topological polar surface area (TPSA) is 65.1 Å². The number of nitrogens with zero attached hydrogens (tertiary/aromatic N) is 5. The molecule has 0 radical (unpaired) electrons. The summed E-state index contributed by atoms with van der Waals surface area (Å²) in [6.45, 7) is 6.56. The highest BCUT2D eigenvalue weighted by molar-refractivity contribution is 7.98. The van der Waals surface area contributed by atoms with E-state index in [2.05, 4.69) is 9.97 Å². The predicted molar refractivity (Wildman–Crippen MR) is 121 cm³/mol. The Morgan fingerprint density at radius 2 is 1.77 bits per heavy atom. The molecule has 6 nitrogen and oxygen atoms in total. The molecule has 0 unspecified atom stereocenters. The van der Waals surface area contributed by atoms with Gasteiger partial charge >= 0.3 is 0 Å². The van der Waals surface area contributed by atoms with Crippen LogP contribution in [0, 0.1) is 13.8 Å². The molecule has 3 heterocycles. The van der Waals surface area contributed by atoms with Crippen molar-refractivity contribution in [3.05, 3.63) is 76.1 Å². The Morgan fingerprint density at radius 3 is 2.53 bits per heavy atom. The minimum atomic E-state index is -0.00103. The van der Waals surface area contributed by atoms with Gasteiger partial charge in [0, 0.05) is 29.9 Å². The van der Waals surface area contributed by atoms with Crippen LogP contribution in [0.2, 0.25) is 0 Å². The van der Waals surface area contributed by atoms with Gasteiger partial charge in [-0.1, -0.05) is 36.0 Å². The standard InChI is InChI=1S/C23H21N5OS/c1-4-27-21(29)19-10-16-7-5-6-8-17(16)11-20(19)26-23(27)30-13-18-12-28-15(3)9-14(2)24-22(28)25-18/h5-12H,4,13H2,1-3H3. The van der Waals surface area contributed by atoms with Crippen molar-refractivity contribution >= 4 is 39.2 Å². The SMILES string of the molecule is CCn1c(SCc2cn3c(C)cc(C)nc3n2)nc2cc3ccccc3cc2c1=O. The Bertz CT molecular complexity index is 1480. The van der Waals surface area contributed by atoms with Crippen molar-refractivity contribution < 1.29 is 0 Å². The molecule has 30 heavy (non-hydrogen) atoms. The summed E-state index contributed by atoms with van der Waals surface area (Å²) in [6, 6.07) is 14.0. The van der Waals surface area contributed by atoms with E-state index in [1.165, 1.54) is 11.8 Å². The Hall–Kier alpha value is -3.19. The first kappa shape index (κ1) is 18.8. The van der Waals surface area contributed by atoms with Gasteiger partial charge in [-0.15, -0.1) is 0 Å². The van der Waals surface area contributed by atoms with E-state index in [-0.39, 0.29) is 5.56 Å². The summed E-state index contributed by atoms with van der Waals surface area (Å²) in [5, 5.41) is 3.50. The zero-order chi connectivity index (χ0) is 20.8. The monoisotopic (exact) mass is 415 g/mol. The van der Waals surface area contributed by atoms with Crippen LogP contribution in [0.1, 0.15) is 24.0 Å². The third kappa shape index (κ3) is 3.15. The number of hydrogen-bond acceptors (Lipinski definition) is 5. The minimum Gasteiger partial charge on any atom is -0.288 e. The Labute approximate surface area is 177 Å². The van der Waals surface area contributed by atoms with E-state index >= 15 is 0 Å². The van der Waals surface area contributed by atoms with Crippen molar-refractivity contribution in [2.24, 2.45) is 0 Å². The molecule has 0 aliphatic rings. The highest BCUT2D eigenvalue weighted by Crippen LogP contribution is 2.25. The number of fused-ring (bicyclic) bond motifs is 3. The third-order valence-electron chi connectivity index (χ3n) is 5.26. The second-order valence-electron chi connectivity index (χ2n) is 7.39. The Kier molecular flexibility index (Phi) is 4.55. The van der Waals surface area contributed by atoms with E-state index in [0.717, 1.165) is 33.4 Å². The summed E-state index contributed by atoms with van der Waals surface area (Å²) in [5.74, 6) is 1.32. The zero-order valence-electron chi connectivity index (χ0n) is 17.1. The van der Waals surface area contributed by atoms with Crippen LogP contribution in [0.15, 0.2) is 58.6 Å². The van der Waals surface area contributed by atoms with Crippen molar-refractivity contribution in [1.29, 1.82) is 0 Å². The van der Waals surface area contributed by atoms with Crippen LogP contribution in [-0.2, 0) is 12.3 Å². The van der Waals surface area contributed by atoms with Gasteiger partial charge in [0.15, 0.2) is 5.16 Å². The third-order valence-corrected chi connectivity index (χ3v) is 6.27. The highest BCUT2D eigenvalue weighted by atomic mass is 32.2. The van der Waals surface area contributed by atoms with E-state index in [9.17, 15) is 4.79 Å². The molecule has 0 N–H and O–H groups in total. The van der Waals surface area contributed by atoms with E-state index in [1.807, 2.05) is 73.8 Å². The number of thioether (sulfide) groups is 1. The molecule has 0 aliphatic carbocycles. The smallest absolute Gasteiger partial charge is 0.262 e. The van der Waals surface area contributed by atoms with Crippen LogP contribution < -0.4 is 5.56 Å². The highest BCUT2D eigenvalue weighted by Gasteiger charge is 2.13. The second-order valence-corrected chi connectivity index (χ2v) is 8.33. The lowest BCUT2D eigenvalue weighted by atomic mass is 10.1. The van der Waals surface area contributed by atoms with E-state index < -0.39 is 0 Å². The Morgan fingerprint density at radius 1 is 1.00 bits per heavy atom. The molecule has 150 valence electrons. The van der Waals surface area contributed by atoms with Gasteiger partial charge < -0.3 is 0 Å². The van der Waals surface area contributed by atoms with Crippen molar-refractivity contribution in [2.75, 3.05) is 0 Å². The van der Waals surface area contributed by atoms with Crippen molar-refractivity contribution in [1.82, 2.24) is 23.9 Å². The molecule has 5 aromatic rings. The maximum Gasteiger partial charge on any atom is 0.262 e. The van der Waals surface area contributed by atoms with Gasteiger partial charge in [0.1, 0.15) is 0 Å². The van der Waals surface area contributed by atoms with Gasteiger partial charge in [0.2, 0.25) is 5.78 Å². The average Bonchev–Trinajstić information content (AvgIpc) is 3.14. The molecule has 0 bridgehead atoms. The largest absolute Gasteiger partial charge is 0.288 e. The number of aromatic nitrogens is 5. The first-order valence-corrected chi connectivity index (χ1v) is 10.9. The van der Waals surface area contributed by atoms with Gasteiger partial charge in [-0.05, 0) is 49.7 Å². The summed E-state index contributed by atoms with van der Waals surface area (Å²) in [6.07, 6.45) is 2.01. The lowest BCUT2D eigenvalue weighted by Gasteiger charge is -2.11. The van der Waals surface area contributed by atoms with Crippen molar-refractivity contribution in [3.63, 3.8) is 0 Å². The lowest BCUT2D eigenvalue weighted by Crippen LogP contribution is -2.22. The minimum absolute atomic E-state index is 0.00103. The summed E-state index contributed by atoms with van der Waals surface area (Å²) < 4.78 is 3.74. The summed E-state index contributed by atoms with van der Waals surface area (Å²) >= 11 is 1.53. The number of hydrogen-bond donors (Lipinski definition) is 0. The molecule has 0 spiro atoms. The number of aryl methyl sites for hydroxylation is 2. The van der Waals surface area contributed by atoms with Gasteiger partial charge in [-0.2, -0.15) is 0 Å². The van der Waals surface area contributed by atoms with Gasteiger partial charge in [-0.3, -0.25) is 13.8 Å². The normalized spacial score (nSPS) is 11.7. The quantitative estimate of drug-likeness (QED) is 0.245. The molecule has 0 saturated carbocycles. The average molecular weight is 416 g/mol. The van der Waals surface area contributed by atoms with Gasteiger partial charge in [0.05, 0.1) is 16.6 Å². The molecule has 0 aliphatic heterocycles. The maximum absolute atomic E-state index is 13.1. The van der Waals surface area contributed by atoms with Crippen LogP contribution in [0.5, 0.6) is 0 Å². The van der Waals surface area contributed by atoms with Crippen LogP contribution in [0.25, 0.3) is 27.5 Å². The van der Waals surface area contributed by atoms with Crippen LogP contribution >= 0.6 is 11.8 Å². The zero-order valence-corrected chi connectivity index (χ0v) is 17.9. The second kappa shape index (κ2) is 7.25. The first-order valence-electron chi connectivity index (χ1n) is 9.92. The number of imidazole rings is 1. The van der Waals surface area contributed by atoms with Gasteiger partial charge in [0.25, 0.3) is 5.56 Å². The first-order chi connectivity index (χ1) is 14.5. The maximum atomic E-state index is 13.1. The molecule has 3 aromatic heterocycles. The molecule has 0 amide bonds. The van der Waals surface area contributed by atoms with E-state index in [1.54, 1.807) is 4.57 Å². The van der Waals surface area contributed by atoms with Crippen LogP contribution in [0.3, 0.4) is 0 Å². The fourth-order valence-electron chi connectivity index (χ4n) is 3.80. The molecule has 7 heteroatoms. The van der Waals surface area contributed by atoms with Crippen LogP contribution in [-0.4, -0.2) is 23.9 Å². The Balaban J connectivity index is 1.55. The fourth-order valence-corrected chi connectivity index (χ4v) is 4.75. The van der Waals surface area contributed by atoms with E-state index in [0.29, 0.717) is 28.6 Å². The summed E-state index contributed by atoms with van der Waals surface area (Å²) in [4.78, 5) is 27.1. The van der Waals surface area contributed by atoms with Crippen LogP contribution in [0.4, 0.5) is 0 Å². The molecule has 0 saturated heterocycles. The van der Waals surface area contributed by atoms with E-state index in [4.69, 9.17) is 4.98 Å². The van der Waals surface area contributed by atoms with Crippen molar-refractivity contribution in [2.45, 2.75) is 38.2 Å².